The van der Waals surface area contributed by atoms with Gasteiger partial charge in [-0.15, -0.1) is 0 Å². The van der Waals surface area contributed by atoms with Gasteiger partial charge in [-0.1, -0.05) is 48.5 Å². The van der Waals surface area contributed by atoms with Crippen LogP contribution < -0.4 is 0 Å². The molecule has 0 aliphatic carbocycles. The maximum Gasteiger partial charge on any atom is 0.309 e. The van der Waals surface area contributed by atoms with Gasteiger partial charge in [-0.05, 0) is 24.1 Å². The predicted molar refractivity (Wildman–Crippen MR) is 85.8 cm³/mol. The Labute approximate surface area is 132 Å². The minimum Gasteiger partial charge on any atom is -0.465 e. The highest BCUT2D eigenvalue weighted by Crippen LogP contribution is 2.28. The molecule has 0 N–H and O–H groups in total. The second-order valence-corrected chi connectivity index (χ2v) is 7.01. The van der Waals surface area contributed by atoms with E-state index in [-0.39, 0.29) is 17.8 Å². The Balaban J connectivity index is 1.70. The second-order valence-electron chi connectivity index (χ2n) is 5.51. The first kappa shape index (κ1) is 15.0. The van der Waals surface area contributed by atoms with Crippen LogP contribution in [0.15, 0.2) is 65.6 Å². The number of carbonyl (C=O) groups excluding carboxylic acids is 1. The van der Waals surface area contributed by atoms with Crippen molar-refractivity contribution in [3.05, 3.63) is 66.2 Å². The molecule has 2 aromatic rings. The predicted octanol–water partition coefficient (Wildman–Crippen LogP) is 2.83. The van der Waals surface area contributed by atoms with Crippen molar-refractivity contribution in [2.24, 2.45) is 11.8 Å². The molecule has 114 valence electrons. The molecule has 1 aliphatic heterocycles. The van der Waals surface area contributed by atoms with Gasteiger partial charge in [0.15, 0.2) is 0 Å². The Morgan fingerprint density at radius 3 is 2.32 bits per heavy atom. The summed E-state index contributed by atoms with van der Waals surface area (Å²) in [5.41, 5.74) is 1.11. The summed E-state index contributed by atoms with van der Waals surface area (Å²) in [5, 5.41) is 0. The van der Waals surface area contributed by atoms with E-state index in [1.54, 1.807) is 0 Å². The molecule has 0 aromatic heterocycles. The standard InChI is InChI=1S/C18H18O3S/c19-18-17(11-14-7-3-1-4-8-14)15(12-21-18)13-22(20)16-9-5-2-6-10-16/h1-10,15,17H,11-13H2/t15-,17+,22?/m0/s1. The van der Waals surface area contributed by atoms with Crippen LogP contribution in [-0.4, -0.2) is 22.5 Å². The average molecular weight is 314 g/mol. The molecule has 1 aliphatic rings. The average Bonchev–Trinajstić information content (AvgIpc) is 2.90. The SMILES string of the molecule is O=C1OC[C@@H](CS(=O)c2ccccc2)[C@H]1Cc1ccccc1. The zero-order valence-electron chi connectivity index (χ0n) is 12.2. The smallest absolute Gasteiger partial charge is 0.309 e. The summed E-state index contributed by atoms with van der Waals surface area (Å²) >= 11 is 0. The second kappa shape index (κ2) is 6.88. The number of esters is 1. The van der Waals surface area contributed by atoms with Crippen LogP contribution in [0.25, 0.3) is 0 Å². The number of rotatable bonds is 5. The number of benzene rings is 2. The molecule has 3 atom stereocenters. The van der Waals surface area contributed by atoms with E-state index in [1.165, 1.54) is 0 Å². The van der Waals surface area contributed by atoms with E-state index < -0.39 is 10.8 Å². The largest absolute Gasteiger partial charge is 0.465 e. The van der Waals surface area contributed by atoms with Crippen molar-refractivity contribution in [1.29, 1.82) is 0 Å². The van der Waals surface area contributed by atoms with Gasteiger partial charge in [0.1, 0.15) is 0 Å². The van der Waals surface area contributed by atoms with Gasteiger partial charge < -0.3 is 4.74 Å². The summed E-state index contributed by atoms with van der Waals surface area (Å²) in [4.78, 5) is 12.8. The minimum atomic E-state index is -1.10. The van der Waals surface area contributed by atoms with Crippen LogP contribution in [0, 0.1) is 11.8 Å². The molecule has 1 heterocycles. The quantitative estimate of drug-likeness (QED) is 0.797. The zero-order valence-corrected chi connectivity index (χ0v) is 13.0. The molecular weight excluding hydrogens is 296 g/mol. The third-order valence-electron chi connectivity index (χ3n) is 3.98. The maximum atomic E-state index is 12.4. The molecule has 1 unspecified atom stereocenters. The van der Waals surface area contributed by atoms with Crippen molar-refractivity contribution in [2.45, 2.75) is 11.3 Å². The van der Waals surface area contributed by atoms with Gasteiger partial charge in [0.05, 0.1) is 23.3 Å². The molecule has 0 saturated carbocycles. The zero-order chi connectivity index (χ0) is 15.4. The first-order valence-electron chi connectivity index (χ1n) is 7.38. The molecule has 3 rings (SSSR count). The monoisotopic (exact) mass is 314 g/mol. The summed E-state index contributed by atoms with van der Waals surface area (Å²) in [6.45, 7) is 0.370. The van der Waals surface area contributed by atoms with E-state index >= 15 is 0 Å². The van der Waals surface area contributed by atoms with Gasteiger partial charge in [-0.3, -0.25) is 9.00 Å². The van der Waals surface area contributed by atoms with Crippen molar-refractivity contribution < 1.29 is 13.7 Å². The molecule has 1 fully saturated rings. The Kier molecular flexibility index (Phi) is 4.68. The van der Waals surface area contributed by atoms with Gasteiger partial charge in [0, 0.05) is 16.6 Å². The van der Waals surface area contributed by atoms with Gasteiger partial charge in [0.25, 0.3) is 0 Å². The first-order valence-corrected chi connectivity index (χ1v) is 8.70. The van der Waals surface area contributed by atoms with E-state index in [2.05, 4.69) is 0 Å². The molecule has 3 nitrogen and oxygen atoms in total. The normalized spacial score (nSPS) is 22.3. The third kappa shape index (κ3) is 3.45. The fraction of sp³-hybridized carbons (Fsp3) is 0.278. The highest BCUT2D eigenvalue weighted by atomic mass is 32.2. The van der Waals surface area contributed by atoms with Crippen LogP contribution in [-0.2, 0) is 26.8 Å². The maximum absolute atomic E-state index is 12.4. The van der Waals surface area contributed by atoms with Crippen LogP contribution in [0.2, 0.25) is 0 Å². The van der Waals surface area contributed by atoms with Crippen LogP contribution in [0.3, 0.4) is 0 Å². The Bertz CT molecular complexity index is 655. The number of hydrogen-bond acceptors (Lipinski definition) is 3. The topological polar surface area (TPSA) is 43.4 Å². The van der Waals surface area contributed by atoms with Crippen molar-refractivity contribution >= 4 is 16.8 Å². The Morgan fingerprint density at radius 1 is 1.00 bits per heavy atom. The van der Waals surface area contributed by atoms with E-state index in [0.29, 0.717) is 18.8 Å². The van der Waals surface area contributed by atoms with Gasteiger partial charge in [-0.2, -0.15) is 0 Å². The molecule has 22 heavy (non-hydrogen) atoms. The van der Waals surface area contributed by atoms with Gasteiger partial charge in [-0.25, -0.2) is 0 Å². The highest BCUT2D eigenvalue weighted by molar-refractivity contribution is 7.85. The number of hydrogen-bond donors (Lipinski definition) is 0. The molecule has 0 spiro atoms. The van der Waals surface area contributed by atoms with E-state index in [4.69, 9.17) is 4.74 Å². The van der Waals surface area contributed by atoms with Crippen LogP contribution >= 0.6 is 0 Å². The fourth-order valence-electron chi connectivity index (χ4n) is 2.75. The summed E-state index contributed by atoms with van der Waals surface area (Å²) in [6, 6.07) is 19.3. The number of ether oxygens (including phenoxy) is 1. The lowest BCUT2D eigenvalue weighted by Crippen LogP contribution is -2.23. The van der Waals surface area contributed by atoms with E-state index in [9.17, 15) is 9.00 Å². The summed E-state index contributed by atoms with van der Waals surface area (Å²) in [6.07, 6.45) is 0.649. The summed E-state index contributed by atoms with van der Waals surface area (Å²) in [5.74, 6) is 0.107. The first-order chi connectivity index (χ1) is 10.7. The number of cyclic esters (lactones) is 1. The van der Waals surface area contributed by atoms with Crippen LogP contribution in [0.5, 0.6) is 0 Å². The minimum absolute atomic E-state index is 0.00810. The molecule has 0 bridgehead atoms. The summed E-state index contributed by atoms with van der Waals surface area (Å²) in [7, 11) is -1.10. The van der Waals surface area contributed by atoms with Crippen LogP contribution in [0.1, 0.15) is 5.56 Å². The number of carbonyl (C=O) groups is 1. The third-order valence-corrected chi connectivity index (χ3v) is 5.51. The van der Waals surface area contributed by atoms with E-state index in [0.717, 1.165) is 10.5 Å². The lowest BCUT2D eigenvalue weighted by atomic mass is 9.90. The van der Waals surface area contributed by atoms with Crippen molar-refractivity contribution in [3.63, 3.8) is 0 Å². The summed E-state index contributed by atoms with van der Waals surface area (Å²) < 4.78 is 17.7. The molecular formula is C18H18O3S. The molecule has 0 radical (unpaired) electrons. The molecule has 2 aromatic carbocycles. The Hall–Kier alpha value is -1.94. The fourth-order valence-corrected chi connectivity index (χ4v) is 4.12. The van der Waals surface area contributed by atoms with Gasteiger partial charge >= 0.3 is 5.97 Å². The van der Waals surface area contributed by atoms with Crippen molar-refractivity contribution in [2.75, 3.05) is 12.4 Å². The van der Waals surface area contributed by atoms with Gasteiger partial charge in [0.2, 0.25) is 0 Å². The van der Waals surface area contributed by atoms with Crippen molar-refractivity contribution in [3.8, 4) is 0 Å². The highest BCUT2D eigenvalue weighted by Gasteiger charge is 2.37. The van der Waals surface area contributed by atoms with E-state index in [1.807, 2.05) is 60.7 Å². The van der Waals surface area contributed by atoms with Crippen LogP contribution in [0.4, 0.5) is 0 Å². The molecule has 4 heteroatoms. The molecule has 1 saturated heterocycles. The Morgan fingerprint density at radius 2 is 1.64 bits per heavy atom. The lowest BCUT2D eigenvalue weighted by molar-refractivity contribution is -0.141. The lowest BCUT2D eigenvalue weighted by Gasteiger charge is -2.15. The molecule has 0 amide bonds. The van der Waals surface area contributed by atoms with Crippen molar-refractivity contribution in [1.82, 2.24) is 0 Å².